The van der Waals surface area contributed by atoms with E-state index < -0.39 is 6.03 Å². The topological polar surface area (TPSA) is 76.7 Å². The average molecular weight is 398 g/mol. The van der Waals surface area contributed by atoms with Crippen molar-refractivity contribution < 1.29 is 9.53 Å². The minimum atomic E-state index is -0.703. The van der Waals surface area contributed by atoms with Gasteiger partial charge in [-0.2, -0.15) is 5.10 Å². The van der Waals surface area contributed by atoms with Crippen molar-refractivity contribution in [2.75, 3.05) is 0 Å². The van der Waals surface area contributed by atoms with Crippen LogP contribution in [0.2, 0.25) is 0 Å². The molecule has 2 amide bonds. The quantitative estimate of drug-likeness (QED) is 0.500. The number of fused-ring (bicyclic) bond motifs is 1. The standard InChI is InChI=1S/C19H16BrN3O2/c20-17-10-13(11-22-23-19(21)24)8-9-18(17)25-12-15-6-3-5-14-4-1-2-7-16(14)15/h1-11H,12H2,(H3,21,23,24). The Kier molecular flexibility index (Phi) is 5.30. The summed E-state index contributed by atoms with van der Waals surface area (Å²) in [5.74, 6) is 0.730. The van der Waals surface area contributed by atoms with Crippen LogP contribution in [0, 0.1) is 0 Å². The Morgan fingerprint density at radius 3 is 2.76 bits per heavy atom. The fourth-order valence-electron chi connectivity index (χ4n) is 2.46. The summed E-state index contributed by atoms with van der Waals surface area (Å²) in [4.78, 5) is 10.6. The van der Waals surface area contributed by atoms with Gasteiger partial charge in [0.1, 0.15) is 12.4 Å². The molecule has 0 heterocycles. The highest BCUT2D eigenvalue weighted by atomic mass is 79.9. The predicted molar refractivity (Wildman–Crippen MR) is 103 cm³/mol. The number of amides is 2. The fraction of sp³-hybridized carbons (Fsp3) is 0.0526. The Balaban J connectivity index is 1.73. The molecule has 25 heavy (non-hydrogen) atoms. The zero-order valence-corrected chi connectivity index (χ0v) is 14.9. The molecule has 5 nitrogen and oxygen atoms in total. The molecule has 6 heteroatoms. The van der Waals surface area contributed by atoms with E-state index in [4.69, 9.17) is 10.5 Å². The highest BCUT2D eigenvalue weighted by Crippen LogP contribution is 2.27. The molecular formula is C19H16BrN3O2. The van der Waals surface area contributed by atoms with E-state index in [1.807, 2.05) is 36.4 Å². The van der Waals surface area contributed by atoms with Crippen molar-refractivity contribution in [3.63, 3.8) is 0 Å². The normalized spacial score (nSPS) is 10.9. The summed E-state index contributed by atoms with van der Waals surface area (Å²) in [6, 6.07) is 19.2. The second-order valence-electron chi connectivity index (χ2n) is 5.35. The van der Waals surface area contributed by atoms with E-state index in [0.717, 1.165) is 21.3 Å². The Morgan fingerprint density at radius 1 is 1.16 bits per heavy atom. The summed E-state index contributed by atoms with van der Waals surface area (Å²) in [6.45, 7) is 0.469. The van der Waals surface area contributed by atoms with Crippen LogP contribution in [-0.4, -0.2) is 12.2 Å². The first-order valence-corrected chi connectivity index (χ1v) is 8.40. The van der Waals surface area contributed by atoms with Crippen molar-refractivity contribution in [2.24, 2.45) is 10.8 Å². The molecule has 3 aromatic carbocycles. The summed E-state index contributed by atoms with van der Waals surface area (Å²) < 4.78 is 6.75. The molecule has 0 saturated carbocycles. The highest BCUT2D eigenvalue weighted by Gasteiger charge is 2.05. The number of carbonyl (C=O) groups is 1. The minimum Gasteiger partial charge on any atom is -0.488 e. The first kappa shape index (κ1) is 17.0. The SMILES string of the molecule is NC(=O)NN=Cc1ccc(OCc2cccc3ccccc23)c(Br)c1. The number of hydrazone groups is 1. The summed E-state index contributed by atoms with van der Waals surface area (Å²) in [5, 5.41) is 6.10. The van der Waals surface area contributed by atoms with Crippen LogP contribution in [0.1, 0.15) is 11.1 Å². The number of benzene rings is 3. The monoisotopic (exact) mass is 397 g/mol. The number of nitrogens with zero attached hydrogens (tertiary/aromatic N) is 1. The molecule has 0 aliphatic heterocycles. The van der Waals surface area contributed by atoms with Crippen molar-refractivity contribution in [3.8, 4) is 5.75 Å². The predicted octanol–water partition coefficient (Wildman–Crippen LogP) is 4.18. The van der Waals surface area contributed by atoms with Gasteiger partial charge in [-0.25, -0.2) is 10.2 Å². The van der Waals surface area contributed by atoms with E-state index in [1.165, 1.54) is 17.0 Å². The number of nitrogens with two attached hydrogens (primary N) is 1. The smallest absolute Gasteiger partial charge is 0.332 e. The van der Waals surface area contributed by atoms with Crippen molar-refractivity contribution in [1.29, 1.82) is 0 Å². The van der Waals surface area contributed by atoms with Gasteiger partial charge in [0.25, 0.3) is 0 Å². The van der Waals surface area contributed by atoms with E-state index >= 15 is 0 Å². The molecule has 0 saturated heterocycles. The third-order valence-electron chi connectivity index (χ3n) is 3.61. The Hall–Kier alpha value is -2.86. The molecule has 0 unspecified atom stereocenters. The molecule has 0 aromatic heterocycles. The Bertz CT molecular complexity index is 936. The van der Waals surface area contributed by atoms with Crippen LogP contribution in [0.25, 0.3) is 10.8 Å². The first-order chi connectivity index (χ1) is 12.1. The number of carbonyl (C=O) groups excluding carboxylic acids is 1. The van der Waals surface area contributed by atoms with Gasteiger partial charge in [-0.1, -0.05) is 42.5 Å². The molecule has 0 bridgehead atoms. The number of urea groups is 1. The van der Waals surface area contributed by atoms with Crippen molar-refractivity contribution in [1.82, 2.24) is 5.43 Å². The van der Waals surface area contributed by atoms with Crippen LogP contribution in [0.4, 0.5) is 4.79 Å². The molecule has 0 fully saturated rings. The zero-order chi connectivity index (χ0) is 17.6. The lowest BCUT2D eigenvalue weighted by molar-refractivity contribution is 0.249. The second kappa shape index (κ2) is 7.81. The van der Waals surface area contributed by atoms with Crippen LogP contribution in [-0.2, 0) is 6.61 Å². The van der Waals surface area contributed by atoms with Crippen molar-refractivity contribution in [2.45, 2.75) is 6.61 Å². The van der Waals surface area contributed by atoms with E-state index in [0.29, 0.717) is 6.61 Å². The molecule has 0 spiro atoms. The lowest BCUT2D eigenvalue weighted by Crippen LogP contribution is -2.24. The van der Waals surface area contributed by atoms with E-state index in [-0.39, 0.29) is 0 Å². The van der Waals surface area contributed by atoms with Gasteiger partial charge >= 0.3 is 6.03 Å². The van der Waals surface area contributed by atoms with Crippen LogP contribution in [0.15, 0.2) is 70.2 Å². The number of nitrogens with one attached hydrogen (secondary N) is 1. The van der Waals surface area contributed by atoms with Gasteiger partial charge in [0, 0.05) is 0 Å². The van der Waals surface area contributed by atoms with Crippen molar-refractivity contribution >= 4 is 38.9 Å². The van der Waals surface area contributed by atoms with Crippen LogP contribution >= 0.6 is 15.9 Å². The largest absolute Gasteiger partial charge is 0.488 e. The van der Waals surface area contributed by atoms with Gasteiger partial charge < -0.3 is 10.5 Å². The maximum atomic E-state index is 10.6. The zero-order valence-electron chi connectivity index (χ0n) is 13.3. The molecule has 3 N–H and O–H groups in total. The van der Waals surface area contributed by atoms with Gasteiger partial charge in [-0.3, -0.25) is 0 Å². The molecule has 126 valence electrons. The summed E-state index contributed by atoms with van der Waals surface area (Å²) in [7, 11) is 0. The molecule has 3 aromatic rings. The number of rotatable bonds is 5. The van der Waals surface area contributed by atoms with E-state index in [9.17, 15) is 4.79 Å². The van der Waals surface area contributed by atoms with Gasteiger partial charge in [0.2, 0.25) is 0 Å². The van der Waals surface area contributed by atoms with Gasteiger partial charge in [0.15, 0.2) is 0 Å². The molecule has 0 aliphatic carbocycles. The maximum absolute atomic E-state index is 10.6. The Morgan fingerprint density at radius 2 is 1.96 bits per heavy atom. The number of halogens is 1. The first-order valence-electron chi connectivity index (χ1n) is 7.61. The van der Waals surface area contributed by atoms with Crippen LogP contribution < -0.4 is 15.9 Å². The minimum absolute atomic E-state index is 0.469. The maximum Gasteiger partial charge on any atom is 0.332 e. The van der Waals surface area contributed by atoms with Gasteiger partial charge in [0.05, 0.1) is 10.7 Å². The highest BCUT2D eigenvalue weighted by molar-refractivity contribution is 9.10. The third-order valence-corrected chi connectivity index (χ3v) is 4.23. The number of ether oxygens (including phenoxy) is 1. The average Bonchev–Trinajstić information content (AvgIpc) is 2.61. The van der Waals surface area contributed by atoms with Crippen molar-refractivity contribution in [3.05, 3.63) is 76.3 Å². The lowest BCUT2D eigenvalue weighted by Gasteiger charge is -2.11. The summed E-state index contributed by atoms with van der Waals surface area (Å²) in [5.41, 5.74) is 9.04. The number of primary amides is 1. The second-order valence-corrected chi connectivity index (χ2v) is 6.21. The number of hydrogen-bond acceptors (Lipinski definition) is 3. The summed E-state index contributed by atoms with van der Waals surface area (Å²) >= 11 is 3.49. The third kappa shape index (κ3) is 4.36. The molecule has 0 aliphatic rings. The molecule has 3 rings (SSSR count). The number of hydrogen-bond donors (Lipinski definition) is 2. The van der Waals surface area contributed by atoms with Crippen LogP contribution in [0.3, 0.4) is 0 Å². The Labute approximate surface area is 153 Å². The molecular weight excluding hydrogens is 382 g/mol. The summed E-state index contributed by atoms with van der Waals surface area (Å²) in [6.07, 6.45) is 1.50. The fourth-order valence-corrected chi connectivity index (χ4v) is 2.97. The van der Waals surface area contributed by atoms with Gasteiger partial charge in [-0.15, -0.1) is 0 Å². The van der Waals surface area contributed by atoms with E-state index in [2.05, 4.69) is 50.7 Å². The van der Waals surface area contributed by atoms with Crippen LogP contribution in [0.5, 0.6) is 5.75 Å². The van der Waals surface area contributed by atoms with E-state index in [1.54, 1.807) is 0 Å². The van der Waals surface area contributed by atoms with Gasteiger partial charge in [-0.05, 0) is 56.0 Å². The molecule has 0 atom stereocenters. The molecule has 0 radical (unpaired) electrons. The lowest BCUT2D eigenvalue weighted by atomic mass is 10.1.